The largest absolute Gasteiger partial charge is 0.488 e. The molecule has 1 saturated carbocycles. The number of benzene rings is 1. The highest BCUT2D eigenvalue weighted by molar-refractivity contribution is 5.23. The summed E-state index contributed by atoms with van der Waals surface area (Å²) in [6, 6.07) is 6.72. The number of halogens is 1. The Morgan fingerprint density at radius 2 is 2.00 bits per heavy atom. The number of hydrogen-bond acceptors (Lipinski definition) is 3. The van der Waals surface area contributed by atoms with Crippen LogP contribution >= 0.6 is 0 Å². The molecule has 2 rings (SSSR count). The number of rotatable bonds is 6. The maximum absolute atomic E-state index is 13.4. The second-order valence-corrected chi connectivity index (χ2v) is 6.74. The zero-order chi connectivity index (χ0) is 15.3. The van der Waals surface area contributed by atoms with Crippen molar-refractivity contribution in [3.05, 3.63) is 30.1 Å². The summed E-state index contributed by atoms with van der Waals surface area (Å²) in [6.45, 7) is 5.20. The molecule has 118 valence electrons. The quantitative estimate of drug-likeness (QED) is 0.847. The van der Waals surface area contributed by atoms with Gasteiger partial charge < -0.3 is 15.2 Å². The van der Waals surface area contributed by atoms with Crippen molar-refractivity contribution in [2.75, 3.05) is 13.2 Å². The van der Waals surface area contributed by atoms with Crippen molar-refractivity contribution in [3.8, 4) is 5.75 Å². The summed E-state index contributed by atoms with van der Waals surface area (Å²) < 4.78 is 18.7. The van der Waals surface area contributed by atoms with Crippen molar-refractivity contribution in [2.24, 2.45) is 5.41 Å². The van der Waals surface area contributed by atoms with Crippen LogP contribution in [0.15, 0.2) is 24.3 Å². The molecule has 1 atom stereocenters. The van der Waals surface area contributed by atoms with E-state index in [2.05, 4.69) is 19.2 Å². The fourth-order valence-electron chi connectivity index (χ4n) is 2.71. The first-order valence-electron chi connectivity index (χ1n) is 7.75. The van der Waals surface area contributed by atoms with Crippen LogP contribution in [0.1, 0.15) is 39.5 Å². The molecule has 1 aliphatic carbocycles. The molecule has 2 N–H and O–H groups in total. The highest BCUT2D eigenvalue weighted by Crippen LogP contribution is 2.34. The Hall–Kier alpha value is -1.13. The van der Waals surface area contributed by atoms with Crippen LogP contribution in [0.4, 0.5) is 4.39 Å². The molecule has 4 heteroatoms. The number of ether oxygens (including phenoxy) is 1. The molecular formula is C17H26FNO2. The van der Waals surface area contributed by atoms with Gasteiger partial charge in [0.25, 0.3) is 0 Å². The van der Waals surface area contributed by atoms with Gasteiger partial charge in [0.15, 0.2) is 11.6 Å². The van der Waals surface area contributed by atoms with Gasteiger partial charge in [-0.2, -0.15) is 0 Å². The Morgan fingerprint density at radius 3 is 2.67 bits per heavy atom. The summed E-state index contributed by atoms with van der Waals surface area (Å²) in [7, 11) is 0. The third kappa shape index (κ3) is 5.29. The Labute approximate surface area is 126 Å². The number of aliphatic hydroxyl groups excluding tert-OH is 1. The molecule has 1 aromatic carbocycles. The molecule has 0 aliphatic heterocycles. The molecule has 3 nitrogen and oxygen atoms in total. The average molecular weight is 295 g/mol. The van der Waals surface area contributed by atoms with Crippen molar-refractivity contribution in [2.45, 2.75) is 51.7 Å². The van der Waals surface area contributed by atoms with Crippen molar-refractivity contribution in [1.29, 1.82) is 0 Å². The van der Waals surface area contributed by atoms with E-state index in [1.165, 1.54) is 18.9 Å². The Bertz CT molecular complexity index is 440. The molecule has 0 amide bonds. The first-order valence-corrected chi connectivity index (χ1v) is 7.75. The molecule has 0 radical (unpaired) electrons. The summed E-state index contributed by atoms with van der Waals surface area (Å²) in [6.07, 6.45) is 4.10. The topological polar surface area (TPSA) is 41.5 Å². The summed E-state index contributed by atoms with van der Waals surface area (Å²) in [4.78, 5) is 0. The van der Waals surface area contributed by atoms with E-state index in [1.54, 1.807) is 18.2 Å². The first-order chi connectivity index (χ1) is 9.96. The molecular weight excluding hydrogens is 269 g/mol. The molecule has 1 unspecified atom stereocenters. The minimum Gasteiger partial charge on any atom is -0.488 e. The standard InChI is InChI=1S/C17H26FNO2/c1-17(2)9-7-13(8-10-17)19-11-14(20)12-21-16-6-4-3-5-15(16)18/h3-6,13-14,19-20H,7-12H2,1-2H3. The van der Waals surface area contributed by atoms with Gasteiger partial charge in [-0.05, 0) is 43.2 Å². The summed E-state index contributed by atoms with van der Waals surface area (Å²) in [5, 5.41) is 13.3. The van der Waals surface area contributed by atoms with Gasteiger partial charge >= 0.3 is 0 Å². The lowest BCUT2D eigenvalue weighted by atomic mass is 9.75. The van der Waals surface area contributed by atoms with Crippen LogP contribution in [0, 0.1) is 11.2 Å². The van der Waals surface area contributed by atoms with Crippen LogP contribution in [-0.2, 0) is 0 Å². The highest BCUT2D eigenvalue weighted by atomic mass is 19.1. The maximum Gasteiger partial charge on any atom is 0.165 e. The van der Waals surface area contributed by atoms with E-state index < -0.39 is 11.9 Å². The van der Waals surface area contributed by atoms with Gasteiger partial charge in [0, 0.05) is 12.6 Å². The molecule has 0 spiro atoms. The van der Waals surface area contributed by atoms with Crippen LogP contribution in [0.25, 0.3) is 0 Å². The van der Waals surface area contributed by atoms with Crippen molar-refractivity contribution in [3.63, 3.8) is 0 Å². The van der Waals surface area contributed by atoms with Crippen LogP contribution in [0.5, 0.6) is 5.75 Å². The Morgan fingerprint density at radius 1 is 1.33 bits per heavy atom. The zero-order valence-electron chi connectivity index (χ0n) is 12.9. The monoisotopic (exact) mass is 295 g/mol. The van der Waals surface area contributed by atoms with E-state index in [4.69, 9.17) is 4.74 Å². The van der Waals surface area contributed by atoms with Crippen LogP contribution in [0.3, 0.4) is 0 Å². The lowest BCUT2D eigenvalue weighted by Crippen LogP contribution is -2.41. The van der Waals surface area contributed by atoms with E-state index in [0.29, 0.717) is 18.0 Å². The van der Waals surface area contributed by atoms with Crippen molar-refractivity contribution in [1.82, 2.24) is 5.32 Å². The van der Waals surface area contributed by atoms with Gasteiger partial charge in [0.05, 0.1) is 0 Å². The number of para-hydroxylation sites is 1. The smallest absolute Gasteiger partial charge is 0.165 e. The molecule has 0 saturated heterocycles. The van der Waals surface area contributed by atoms with E-state index in [-0.39, 0.29) is 12.4 Å². The number of nitrogens with one attached hydrogen (secondary N) is 1. The van der Waals surface area contributed by atoms with Crippen molar-refractivity contribution < 1.29 is 14.2 Å². The molecule has 1 aromatic rings. The predicted octanol–water partition coefficient (Wildman–Crippen LogP) is 3.12. The number of aliphatic hydroxyl groups is 1. The summed E-state index contributed by atoms with van der Waals surface area (Å²) in [5.41, 5.74) is 0.449. The number of hydrogen-bond donors (Lipinski definition) is 2. The minimum atomic E-state index is -0.625. The zero-order valence-corrected chi connectivity index (χ0v) is 12.9. The Balaban J connectivity index is 1.66. The van der Waals surface area contributed by atoms with Gasteiger partial charge in [-0.15, -0.1) is 0 Å². The van der Waals surface area contributed by atoms with E-state index >= 15 is 0 Å². The predicted molar refractivity (Wildman–Crippen MR) is 81.9 cm³/mol. The molecule has 21 heavy (non-hydrogen) atoms. The van der Waals surface area contributed by atoms with Crippen LogP contribution in [0.2, 0.25) is 0 Å². The molecule has 1 fully saturated rings. The van der Waals surface area contributed by atoms with Crippen molar-refractivity contribution >= 4 is 0 Å². The van der Waals surface area contributed by atoms with E-state index in [1.807, 2.05) is 0 Å². The van der Waals surface area contributed by atoms with Gasteiger partial charge in [0.2, 0.25) is 0 Å². The van der Waals surface area contributed by atoms with E-state index in [9.17, 15) is 9.50 Å². The minimum absolute atomic E-state index is 0.103. The van der Waals surface area contributed by atoms with Gasteiger partial charge in [0.1, 0.15) is 12.7 Å². The molecule has 0 aromatic heterocycles. The maximum atomic E-state index is 13.4. The average Bonchev–Trinajstić information content (AvgIpc) is 2.45. The fraction of sp³-hybridized carbons (Fsp3) is 0.647. The second kappa shape index (κ2) is 7.23. The summed E-state index contributed by atoms with van der Waals surface area (Å²) >= 11 is 0. The Kier molecular flexibility index (Phi) is 5.59. The van der Waals surface area contributed by atoms with Crippen LogP contribution < -0.4 is 10.1 Å². The fourth-order valence-corrected chi connectivity index (χ4v) is 2.71. The van der Waals surface area contributed by atoms with Gasteiger partial charge in [-0.3, -0.25) is 0 Å². The lowest BCUT2D eigenvalue weighted by Gasteiger charge is -2.35. The first kappa shape index (κ1) is 16.2. The molecule has 1 aliphatic rings. The van der Waals surface area contributed by atoms with E-state index in [0.717, 1.165) is 12.8 Å². The second-order valence-electron chi connectivity index (χ2n) is 6.74. The van der Waals surface area contributed by atoms with Crippen LogP contribution in [-0.4, -0.2) is 30.4 Å². The molecule has 0 bridgehead atoms. The SMILES string of the molecule is CC1(C)CCC(NCC(O)COc2ccccc2F)CC1. The third-order valence-electron chi connectivity index (χ3n) is 4.25. The lowest BCUT2D eigenvalue weighted by molar-refractivity contribution is 0.0963. The molecule has 0 heterocycles. The third-order valence-corrected chi connectivity index (χ3v) is 4.25. The van der Waals surface area contributed by atoms with Gasteiger partial charge in [-0.25, -0.2) is 4.39 Å². The highest BCUT2D eigenvalue weighted by Gasteiger charge is 2.26. The van der Waals surface area contributed by atoms with Gasteiger partial charge in [-0.1, -0.05) is 26.0 Å². The summed E-state index contributed by atoms with van der Waals surface area (Å²) in [5.74, 6) is -0.205. The normalized spacial score (nSPS) is 20.2.